The Hall–Kier alpha value is -2.69. The number of nitrogens with zero attached hydrogens (tertiary/aromatic N) is 3. The van der Waals surface area contributed by atoms with Crippen LogP contribution in [0.25, 0.3) is 10.2 Å². The molecule has 0 N–H and O–H groups in total. The molecule has 0 spiro atoms. The average Bonchev–Trinajstić information content (AvgIpc) is 3.42. The van der Waals surface area contributed by atoms with E-state index in [1.807, 2.05) is 16.7 Å². The summed E-state index contributed by atoms with van der Waals surface area (Å²) in [5.41, 5.74) is 1.29. The van der Waals surface area contributed by atoms with E-state index in [4.69, 9.17) is 9.47 Å². The summed E-state index contributed by atoms with van der Waals surface area (Å²) in [6, 6.07) is 9.92. The Bertz CT molecular complexity index is 1400. The largest absolute Gasteiger partial charge is 0.454 e. The second kappa shape index (κ2) is 9.16. The maximum Gasteiger partial charge on any atom is 0.279 e. The Morgan fingerprint density at radius 1 is 1.12 bits per heavy atom. The molecule has 0 saturated carbocycles. The first-order valence-electron chi connectivity index (χ1n) is 11.5. The van der Waals surface area contributed by atoms with E-state index in [1.165, 1.54) is 27.8 Å². The molecule has 1 saturated heterocycles. The molecule has 0 unspecified atom stereocenters. The predicted octanol–water partition coefficient (Wildman–Crippen LogP) is 4.00. The number of benzene rings is 2. The van der Waals surface area contributed by atoms with Crippen molar-refractivity contribution in [3.8, 4) is 11.5 Å². The van der Waals surface area contributed by atoms with Crippen LogP contribution in [0.3, 0.4) is 0 Å². The van der Waals surface area contributed by atoms with Crippen LogP contribution in [0.15, 0.2) is 46.3 Å². The van der Waals surface area contributed by atoms with Crippen LogP contribution in [0.4, 0.5) is 0 Å². The van der Waals surface area contributed by atoms with Crippen LogP contribution in [0.2, 0.25) is 0 Å². The minimum absolute atomic E-state index is 0.205. The number of sulfonamides is 1. The third kappa shape index (κ3) is 4.25. The summed E-state index contributed by atoms with van der Waals surface area (Å²) in [5.74, 6) is 1.51. The van der Waals surface area contributed by atoms with Gasteiger partial charge < -0.3 is 14.0 Å². The minimum atomic E-state index is -3.56. The molecule has 1 fully saturated rings. The number of aryl methyl sites for hydroxylation is 1. The van der Waals surface area contributed by atoms with Crippen molar-refractivity contribution in [2.75, 3.05) is 19.9 Å². The molecule has 180 valence electrons. The molecule has 3 heterocycles. The Kier molecular flexibility index (Phi) is 6.22. The molecular formula is C24H27N3O5S2. The van der Waals surface area contributed by atoms with E-state index in [1.54, 1.807) is 12.1 Å². The summed E-state index contributed by atoms with van der Waals surface area (Å²) in [7, 11) is -3.56. The van der Waals surface area contributed by atoms with Gasteiger partial charge in [-0.25, -0.2) is 8.42 Å². The van der Waals surface area contributed by atoms with E-state index in [0.29, 0.717) is 47.4 Å². The number of rotatable bonds is 5. The van der Waals surface area contributed by atoms with Gasteiger partial charge in [-0.1, -0.05) is 25.2 Å². The van der Waals surface area contributed by atoms with Crippen molar-refractivity contribution in [2.45, 2.75) is 44.6 Å². The van der Waals surface area contributed by atoms with E-state index < -0.39 is 15.9 Å². The summed E-state index contributed by atoms with van der Waals surface area (Å²) in [4.78, 5) is 18.1. The van der Waals surface area contributed by atoms with Crippen LogP contribution >= 0.6 is 11.3 Å². The first-order valence-corrected chi connectivity index (χ1v) is 13.7. The second-order valence-corrected chi connectivity index (χ2v) is 11.7. The summed E-state index contributed by atoms with van der Waals surface area (Å²) >= 11 is 1.42. The first kappa shape index (κ1) is 23.1. The topological polar surface area (TPSA) is 90.2 Å². The van der Waals surface area contributed by atoms with E-state index in [-0.39, 0.29) is 11.7 Å². The third-order valence-corrected chi connectivity index (χ3v) is 9.26. The summed E-state index contributed by atoms with van der Waals surface area (Å²) in [6.07, 6.45) is 2.61. The monoisotopic (exact) mass is 501 g/mol. The molecule has 5 rings (SSSR count). The SMILES string of the molecule is CCCn1c(=NC(=O)c2ccc(S(=O)(=O)N3CCC(C)CC3)cc2)sc2cc3c(cc21)OCO3. The molecule has 2 aliphatic heterocycles. The first-order chi connectivity index (χ1) is 16.4. The fourth-order valence-corrected chi connectivity index (χ4v) is 6.81. The molecule has 1 amide bonds. The quantitative estimate of drug-likeness (QED) is 0.527. The minimum Gasteiger partial charge on any atom is -0.454 e. The number of fused-ring (bicyclic) bond motifs is 2. The fraction of sp³-hybridized carbons (Fsp3) is 0.417. The van der Waals surface area contributed by atoms with Crippen LogP contribution in [0, 0.1) is 5.92 Å². The lowest BCUT2D eigenvalue weighted by Gasteiger charge is -2.29. The van der Waals surface area contributed by atoms with Gasteiger partial charge in [-0.2, -0.15) is 9.30 Å². The number of carbonyl (C=O) groups is 1. The molecule has 10 heteroatoms. The predicted molar refractivity (Wildman–Crippen MR) is 130 cm³/mol. The molecule has 0 bridgehead atoms. The van der Waals surface area contributed by atoms with Crippen molar-refractivity contribution in [1.82, 2.24) is 8.87 Å². The van der Waals surface area contributed by atoms with Crippen molar-refractivity contribution < 1.29 is 22.7 Å². The zero-order valence-electron chi connectivity index (χ0n) is 19.2. The van der Waals surface area contributed by atoms with Crippen molar-refractivity contribution in [1.29, 1.82) is 0 Å². The van der Waals surface area contributed by atoms with E-state index in [0.717, 1.165) is 29.5 Å². The highest BCUT2D eigenvalue weighted by molar-refractivity contribution is 7.89. The maximum absolute atomic E-state index is 13.0. The maximum atomic E-state index is 13.0. The Labute approximate surface area is 202 Å². The Morgan fingerprint density at radius 2 is 1.79 bits per heavy atom. The lowest BCUT2D eigenvalue weighted by atomic mass is 10.0. The van der Waals surface area contributed by atoms with Gasteiger partial charge in [0.2, 0.25) is 16.8 Å². The van der Waals surface area contributed by atoms with Gasteiger partial charge in [-0.15, -0.1) is 0 Å². The van der Waals surface area contributed by atoms with Gasteiger partial charge >= 0.3 is 0 Å². The van der Waals surface area contributed by atoms with Crippen molar-refractivity contribution in [3.05, 3.63) is 46.8 Å². The van der Waals surface area contributed by atoms with Gasteiger partial charge in [0.15, 0.2) is 16.3 Å². The van der Waals surface area contributed by atoms with Crippen LogP contribution in [0.5, 0.6) is 11.5 Å². The van der Waals surface area contributed by atoms with Gasteiger partial charge in [0, 0.05) is 37.3 Å². The van der Waals surface area contributed by atoms with Crippen LogP contribution in [-0.2, 0) is 16.6 Å². The molecule has 3 aromatic rings. The second-order valence-electron chi connectivity index (χ2n) is 8.74. The van der Waals surface area contributed by atoms with E-state index in [9.17, 15) is 13.2 Å². The highest BCUT2D eigenvalue weighted by atomic mass is 32.2. The molecule has 0 radical (unpaired) electrons. The van der Waals surface area contributed by atoms with Crippen LogP contribution in [-0.4, -0.2) is 43.1 Å². The molecule has 0 aliphatic carbocycles. The van der Waals surface area contributed by atoms with E-state index in [2.05, 4.69) is 18.8 Å². The lowest BCUT2D eigenvalue weighted by molar-refractivity contribution is 0.0997. The summed E-state index contributed by atoms with van der Waals surface area (Å²) in [6.45, 7) is 6.18. The van der Waals surface area contributed by atoms with E-state index >= 15 is 0 Å². The number of hydrogen-bond acceptors (Lipinski definition) is 6. The van der Waals surface area contributed by atoms with Crippen LogP contribution < -0.4 is 14.3 Å². The molecule has 2 aromatic carbocycles. The van der Waals surface area contributed by atoms with Gasteiger partial charge in [0.1, 0.15) is 0 Å². The average molecular weight is 502 g/mol. The van der Waals surface area contributed by atoms with Gasteiger partial charge in [-0.05, 0) is 49.4 Å². The van der Waals surface area contributed by atoms with Gasteiger partial charge in [0.25, 0.3) is 5.91 Å². The van der Waals surface area contributed by atoms with Crippen molar-refractivity contribution in [2.24, 2.45) is 10.9 Å². The molecular weight excluding hydrogens is 474 g/mol. The van der Waals surface area contributed by atoms with Gasteiger partial charge in [0.05, 0.1) is 15.1 Å². The zero-order valence-corrected chi connectivity index (χ0v) is 20.8. The highest BCUT2D eigenvalue weighted by Gasteiger charge is 2.28. The number of carbonyl (C=O) groups excluding carboxylic acids is 1. The summed E-state index contributed by atoms with van der Waals surface area (Å²) in [5, 5.41) is 0. The summed E-state index contributed by atoms with van der Waals surface area (Å²) < 4.78 is 41.4. The smallest absolute Gasteiger partial charge is 0.279 e. The zero-order chi connectivity index (χ0) is 23.9. The lowest BCUT2D eigenvalue weighted by Crippen LogP contribution is -2.37. The Balaban J connectivity index is 1.44. The number of aromatic nitrogens is 1. The molecule has 8 nitrogen and oxygen atoms in total. The van der Waals surface area contributed by atoms with Crippen LogP contribution in [0.1, 0.15) is 43.5 Å². The highest BCUT2D eigenvalue weighted by Crippen LogP contribution is 2.37. The van der Waals surface area contributed by atoms with Crippen molar-refractivity contribution in [3.63, 3.8) is 0 Å². The number of hydrogen-bond donors (Lipinski definition) is 0. The molecule has 2 aliphatic rings. The third-order valence-electron chi connectivity index (χ3n) is 6.30. The Morgan fingerprint density at radius 3 is 2.47 bits per heavy atom. The molecule has 1 aromatic heterocycles. The molecule has 34 heavy (non-hydrogen) atoms. The van der Waals surface area contributed by atoms with Gasteiger partial charge in [-0.3, -0.25) is 4.79 Å². The number of thiazole rings is 1. The fourth-order valence-electron chi connectivity index (χ4n) is 4.28. The normalized spacial score (nSPS) is 17.5. The standard InChI is InChI=1S/C24H27N3O5S2/c1-3-10-27-19-13-20-21(32-15-31-20)14-22(19)33-24(27)25-23(28)17-4-6-18(7-5-17)34(29,30)26-11-8-16(2)9-12-26/h4-7,13-14,16H,3,8-12,15H2,1-2H3. The molecule has 0 atom stereocenters. The number of ether oxygens (including phenoxy) is 2. The van der Waals surface area contributed by atoms with Crippen molar-refractivity contribution >= 4 is 37.5 Å². The number of amides is 1. The number of piperidine rings is 1.